The Morgan fingerprint density at radius 3 is 2.94 bits per heavy atom. The molecule has 0 amide bonds. The van der Waals surface area contributed by atoms with Crippen molar-refractivity contribution in [2.75, 3.05) is 6.61 Å². The summed E-state index contributed by atoms with van der Waals surface area (Å²) >= 11 is 0. The maximum absolute atomic E-state index is 8.96. The molecule has 0 heterocycles. The van der Waals surface area contributed by atoms with Gasteiger partial charge >= 0.3 is 0 Å². The van der Waals surface area contributed by atoms with E-state index in [1.165, 1.54) is 19.3 Å². The van der Waals surface area contributed by atoms with Gasteiger partial charge in [0.1, 0.15) is 0 Å². The lowest BCUT2D eigenvalue weighted by atomic mass is 9.47. The van der Waals surface area contributed by atoms with E-state index in [2.05, 4.69) is 26.0 Å². The van der Waals surface area contributed by atoms with Crippen molar-refractivity contribution < 1.29 is 5.11 Å². The van der Waals surface area contributed by atoms with E-state index in [1.807, 2.05) is 6.92 Å². The molecule has 0 aliphatic heterocycles. The zero-order valence-corrected chi connectivity index (χ0v) is 10.8. The van der Waals surface area contributed by atoms with Crippen LogP contribution in [0.2, 0.25) is 0 Å². The smallest absolute Gasteiger partial charge is 0.0639 e. The number of hydrogen-bond acceptors (Lipinski definition) is 1. The Labute approximate surface area is 99.3 Å². The maximum atomic E-state index is 8.96. The second-order valence-electron chi connectivity index (χ2n) is 5.92. The van der Waals surface area contributed by atoms with E-state index in [0.717, 1.165) is 23.8 Å². The zero-order valence-electron chi connectivity index (χ0n) is 10.8. The van der Waals surface area contributed by atoms with E-state index in [4.69, 9.17) is 5.11 Å². The summed E-state index contributed by atoms with van der Waals surface area (Å²) in [6, 6.07) is 0. The lowest BCUT2D eigenvalue weighted by Gasteiger charge is -2.58. The number of hydrogen-bond donors (Lipinski definition) is 1. The molecule has 1 heteroatoms. The molecule has 3 aliphatic carbocycles. The minimum Gasteiger partial charge on any atom is -0.392 e. The fourth-order valence-electron chi connectivity index (χ4n) is 3.56. The fraction of sp³-hybridized carbons (Fsp3) is 0.733. The van der Waals surface area contributed by atoms with Crippen LogP contribution in [0.15, 0.2) is 23.3 Å². The molecule has 0 radical (unpaired) electrons. The van der Waals surface area contributed by atoms with Gasteiger partial charge in [-0.3, -0.25) is 0 Å². The first-order chi connectivity index (χ1) is 7.58. The van der Waals surface area contributed by atoms with Crippen molar-refractivity contribution in [2.45, 2.75) is 46.5 Å². The summed E-state index contributed by atoms with van der Waals surface area (Å²) in [5.41, 5.74) is 3.28. The van der Waals surface area contributed by atoms with Crippen molar-refractivity contribution in [3.8, 4) is 0 Å². The molecular weight excluding hydrogens is 196 g/mol. The zero-order chi connectivity index (χ0) is 11.8. The molecule has 0 aromatic heterocycles. The molecule has 3 rings (SSSR count). The minimum absolute atomic E-state index is 0.211. The Morgan fingerprint density at radius 1 is 1.62 bits per heavy atom. The summed E-state index contributed by atoms with van der Waals surface area (Å²) in [5, 5.41) is 8.96. The van der Waals surface area contributed by atoms with Crippen LogP contribution in [0.25, 0.3) is 0 Å². The fourth-order valence-corrected chi connectivity index (χ4v) is 3.56. The number of aliphatic hydroxyl groups is 1. The highest BCUT2D eigenvalue weighted by Gasteiger charge is 2.52. The van der Waals surface area contributed by atoms with E-state index in [-0.39, 0.29) is 6.61 Å². The molecule has 3 aliphatic rings. The largest absolute Gasteiger partial charge is 0.392 e. The van der Waals surface area contributed by atoms with Gasteiger partial charge in [-0.25, -0.2) is 0 Å². The van der Waals surface area contributed by atoms with Crippen LogP contribution in [0, 0.1) is 17.3 Å². The van der Waals surface area contributed by atoms with Gasteiger partial charge < -0.3 is 5.11 Å². The molecular formula is C15H24O. The molecule has 0 saturated heterocycles. The van der Waals surface area contributed by atoms with Gasteiger partial charge in [0.05, 0.1) is 6.61 Å². The number of allylic oxidation sites excluding steroid dienone is 3. The molecule has 90 valence electrons. The van der Waals surface area contributed by atoms with Crippen molar-refractivity contribution in [1.29, 1.82) is 0 Å². The normalized spacial score (nSPS) is 38.0. The summed E-state index contributed by atoms with van der Waals surface area (Å²) in [4.78, 5) is 0. The average Bonchev–Trinajstić information content (AvgIpc) is 2.28. The molecule has 0 aromatic rings. The first kappa shape index (κ1) is 11.9. The number of rotatable bonds is 4. The third-order valence-corrected chi connectivity index (χ3v) is 4.95. The van der Waals surface area contributed by atoms with Crippen LogP contribution in [0.5, 0.6) is 0 Å². The van der Waals surface area contributed by atoms with Crippen LogP contribution < -0.4 is 0 Å². The SMILES string of the molecule is CC1=CCC2CC1C2(C)CC/C=C(\C)CO. The number of fused-ring (bicyclic) bond motifs is 1. The van der Waals surface area contributed by atoms with Crippen LogP contribution in [0.1, 0.15) is 46.5 Å². The minimum atomic E-state index is 0.211. The predicted octanol–water partition coefficient (Wildman–Crippen LogP) is 3.70. The van der Waals surface area contributed by atoms with Gasteiger partial charge in [0.25, 0.3) is 0 Å². The third-order valence-electron chi connectivity index (χ3n) is 4.95. The molecule has 3 unspecified atom stereocenters. The number of aliphatic hydroxyl groups excluding tert-OH is 1. The van der Waals surface area contributed by atoms with E-state index < -0.39 is 0 Å². The van der Waals surface area contributed by atoms with Crippen molar-refractivity contribution >= 4 is 0 Å². The lowest BCUT2D eigenvalue weighted by Crippen LogP contribution is -2.49. The highest BCUT2D eigenvalue weighted by Crippen LogP contribution is 2.61. The van der Waals surface area contributed by atoms with Crippen molar-refractivity contribution in [2.24, 2.45) is 17.3 Å². The Kier molecular flexibility index (Phi) is 3.25. The standard InChI is InChI=1S/C15H24O/c1-11(10-16)5-4-8-15(3)13-7-6-12(2)14(15)9-13/h5-6,13-14,16H,4,7-10H2,1-3H3/b11-5+. The van der Waals surface area contributed by atoms with Crippen LogP contribution >= 0.6 is 0 Å². The topological polar surface area (TPSA) is 20.2 Å². The molecule has 1 saturated carbocycles. The Hall–Kier alpha value is -0.560. The first-order valence-corrected chi connectivity index (χ1v) is 6.51. The highest BCUT2D eigenvalue weighted by atomic mass is 16.3. The van der Waals surface area contributed by atoms with E-state index in [9.17, 15) is 0 Å². The van der Waals surface area contributed by atoms with Gasteiger partial charge in [0, 0.05) is 0 Å². The molecule has 1 nitrogen and oxygen atoms in total. The van der Waals surface area contributed by atoms with Crippen LogP contribution in [0.3, 0.4) is 0 Å². The van der Waals surface area contributed by atoms with Crippen LogP contribution in [0.4, 0.5) is 0 Å². The van der Waals surface area contributed by atoms with Crippen molar-refractivity contribution in [3.05, 3.63) is 23.3 Å². The Morgan fingerprint density at radius 2 is 2.38 bits per heavy atom. The van der Waals surface area contributed by atoms with Gasteiger partial charge in [0.2, 0.25) is 0 Å². The molecule has 3 atom stereocenters. The molecule has 0 aromatic carbocycles. The molecule has 1 fully saturated rings. The van der Waals surface area contributed by atoms with E-state index in [1.54, 1.807) is 5.57 Å². The van der Waals surface area contributed by atoms with Crippen LogP contribution in [-0.4, -0.2) is 11.7 Å². The van der Waals surface area contributed by atoms with Gasteiger partial charge in [-0.05, 0) is 56.8 Å². The summed E-state index contributed by atoms with van der Waals surface area (Å²) in [6.07, 6.45) is 9.77. The first-order valence-electron chi connectivity index (χ1n) is 6.51. The summed E-state index contributed by atoms with van der Waals surface area (Å²) < 4.78 is 0. The molecule has 0 spiro atoms. The van der Waals surface area contributed by atoms with Gasteiger partial charge in [-0.15, -0.1) is 0 Å². The van der Waals surface area contributed by atoms with Crippen molar-refractivity contribution in [3.63, 3.8) is 0 Å². The highest BCUT2D eigenvalue weighted by molar-refractivity contribution is 5.22. The van der Waals surface area contributed by atoms with E-state index in [0.29, 0.717) is 5.41 Å². The Balaban J connectivity index is 1.94. The summed E-state index contributed by atoms with van der Waals surface area (Å²) in [6.45, 7) is 6.98. The third kappa shape index (κ3) is 1.86. The van der Waals surface area contributed by atoms with Crippen LogP contribution in [-0.2, 0) is 0 Å². The molecule has 2 bridgehead atoms. The van der Waals surface area contributed by atoms with Crippen molar-refractivity contribution in [1.82, 2.24) is 0 Å². The summed E-state index contributed by atoms with van der Waals surface area (Å²) in [7, 11) is 0. The Bertz CT molecular complexity index is 326. The quantitative estimate of drug-likeness (QED) is 0.716. The monoisotopic (exact) mass is 220 g/mol. The maximum Gasteiger partial charge on any atom is 0.0639 e. The molecule has 16 heavy (non-hydrogen) atoms. The lowest BCUT2D eigenvalue weighted by molar-refractivity contribution is -0.0312. The second-order valence-corrected chi connectivity index (χ2v) is 5.92. The summed E-state index contributed by atoms with van der Waals surface area (Å²) in [5.74, 6) is 1.76. The molecule has 1 N–H and O–H groups in total. The predicted molar refractivity (Wildman–Crippen MR) is 68.2 cm³/mol. The second kappa shape index (κ2) is 4.37. The van der Waals surface area contributed by atoms with E-state index >= 15 is 0 Å². The average molecular weight is 220 g/mol. The van der Waals surface area contributed by atoms with Gasteiger partial charge in [-0.1, -0.05) is 30.2 Å². The van der Waals surface area contributed by atoms with Gasteiger partial charge in [0.15, 0.2) is 0 Å². The van der Waals surface area contributed by atoms with Gasteiger partial charge in [-0.2, -0.15) is 0 Å².